The van der Waals surface area contributed by atoms with Crippen LogP contribution in [0.3, 0.4) is 0 Å². The van der Waals surface area contributed by atoms with E-state index in [1.165, 1.54) is 44.3 Å². The van der Waals surface area contributed by atoms with Crippen LogP contribution in [0.25, 0.3) is 11.1 Å². The number of carbonyl (C=O) groups excluding carboxylic acids is 5. The Morgan fingerprint density at radius 1 is 0.961 bits per heavy atom. The summed E-state index contributed by atoms with van der Waals surface area (Å²) < 4.78 is 13.5. The standard InChI is InChI=1S/C38H48FN5O7/c1-24-7-13-28(14-8-24)31-20-27(11-17-34(31)47)21-33(43(3)37(50)32(23-46)42-36(49)25(2)41)38(51)44(30(22-45)6-4-5-19-40)35(48)18-12-26-9-15-29(39)16-10-26/h7-11,13-17,20,22,25,30,32-33,46-47H,4-6,12,18-19,21,23,40-41H2,1-3H3,(H,42,49)/t25-,30+,32-,33-/m0/s1. The Labute approximate surface area is 297 Å². The van der Waals surface area contributed by atoms with Gasteiger partial charge in [0.2, 0.25) is 17.7 Å². The Balaban J connectivity index is 2.09. The van der Waals surface area contributed by atoms with Crippen molar-refractivity contribution in [2.24, 2.45) is 11.5 Å². The fourth-order valence-electron chi connectivity index (χ4n) is 5.59. The number of likely N-dealkylation sites (N-methyl/N-ethyl adjacent to an activating group) is 1. The number of rotatable bonds is 18. The highest BCUT2D eigenvalue weighted by molar-refractivity contribution is 6.02. The van der Waals surface area contributed by atoms with Gasteiger partial charge in [-0.2, -0.15) is 0 Å². The van der Waals surface area contributed by atoms with Crippen LogP contribution in [0.2, 0.25) is 0 Å². The molecule has 51 heavy (non-hydrogen) atoms. The first kappa shape index (κ1) is 40.4. The lowest BCUT2D eigenvalue weighted by Crippen LogP contribution is -2.60. The summed E-state index contributed by atoms with van der Waals surface area (Å²) in [7, 11) is 1.30. The van der Waals surface area contributed by atoms with E-state index in [0.29, 0.717) is 47.9 Å². The average Bonchev–Trinajstić information content (AvgIpc) is 3.12. The SMILES string of the molecule is Cc1ccc(-c2cc(C[C@@H](C(=O)N(C(=O)CCc3ccc(F)cc3)[C@@H](C=O)CCCCN)N(C)C(=O)[C@H](CO)NC(=O)[C@H](C)N)ccc2O)cc1. The number of nitrogens with one attached hydrogen (secondary N) is 1. The van der Waals surface area contributed by atoms with Gasteiger partial charge in [0, 0.05) is 25.5 Å². The summed E-state index contributed by atoms with van der Waals surface area (Å²) in [5.74, 6) is -3.57. The molecule has 0 aliphatic rings. The second-order valence-electron chi connectivity index (χ2n) is 12.6. The lowest BCUT2D eigenvalue weighted by atomic mass is 9.96. The summed E-state index contributed by atoms with van der Waals surface area (Å²) in [5, 5.41) is 23.2. The van der Waals surface area contributed by atoms with Gasteiger partial charge in [-0.1, -0.05) is 48.0 Å². The number of unbranched alkanes of at least 4 members (excludes halogenated alkanes) is 1. The molecule has 0 saturated heterocycles. The van der Waals surface area contributed by atoms with E-state index in [0.717, 1.165) is 15.4 Å². The summed E-state index contributed by atoms with van der Waals surface area (Å²) in [6, 6.07) is 12.6. The van der Waals surface area contributed by atoms with Crippen LogP contribution in [0.15, 0.2) is 66.7 Å². The molecule has 0 heterocycles. The van der Waals surface area contributed by atoms with Crippen molar-refractivity contribution in [2.75, 3.05) is 20.2 Å². The Morgan fingerprint density at radius 2 is 1.61 bits per heavy atom. The number of imide groups is 1. The van der Waals surface area contributed by atoms with Crippen LogP contribution < -0.4 is 16.8 Å². The molecule has 4 atom stereocenters. The van der Waals surface area contributed by atoms with Gasteiger partial charge in [-0.25, -0.2) is 4.39 Å². The average molecular weight is 706 g/mol. The first-order chi connectivity index (χ1) is 24.3. The van der Waals surface area contributed by atoms with Gasteiger partial charge in [0.25, 0.3) is 5.91 Å². The summed E-state index contributed by atoms with van der Waals surface area (Å²) in [6.45, 7) is 2.85. The molecule has 0 spiro atoms. The molecular formula is C38H48FN5O7. The van der Waals surface area contributed by atoms with Crippen LogP contribution in [0.5, 0.6) is 5.75 Å². The van der Waals surface area contributed by atoms with Crippen LogP contribution in [0, 0.1) is 12.7 Å². The maximum Gasteiger partial charge on any atom is 0.252 e. The highest BCUT2D eigenvalue weighted by Gasteiger charge is 2.39. The third kappa shape index (κ3) is 11.3. The molecule has 0 aliphatic carbocycles. The van der Waals surface area contributed by atoms with Gasteiger partial charge in [0.1, 0.15) is 29.9 Å². The maximum absolute atomic E-state index is 14.7. The molecule has 0 fully saturated rings. The van der Waals surface area contributed by atoms with E-state index in [2.05, 4.69) is 5.32 Å². The molecule has 0 radical (unpaired) electrons. The molecule has 4 amide bonds. The van der Waals surface area contributed by atoms with E-state index < -0.39 is 60.2 Å². The molecule has 13 heteroatoms. The van der Waals surface area contributed by atoms with Crippen molar-refractivity contribution >= 4 is 29.9 Å². The number of amides is 4. The predicted octanol–water partition coefficient (Wildman–Crippen LogP) is 2.39. The zero-order valence-corrected chi connectivity index (χ0v) is 29.3. The van der Waals surface area contributed by atoms with Gasteiger partial charge in [-0.05, 0) is 87.0 Å². The van der Waals surface area contributed by atoms with Crippen LogP contribution >= 0.6 is 0 Å². The minimum absolute atomic E-state index is 0.0209. The molecule has 3 aromatic rings. The smallest absolute Gasteiger partial charge is 0.252 e. The number of aryl methyl sites for hydroxylation is 2. The minimum Gasteiger partial charge on any atom is -0.507 e. The van der Waals surface area contributed by atoms with Crippen molar-refractivity contribution in [1.82, 2.24) is 15.1 Å². The number of phenolic OH excluding ortho intramolecular Hbond substituents is 1. The number of nitrogens with zero attached hydrogens (tertiary/aromatic N) is 2. The Morgan fingerprint density at radius 3 is 2.20 bits per heavy atom. The second kappa shape index (κ2) is 19.4. The number of halogens is 1. The quantitative estimate of drug-likeness (QED) is 0.0975. The zero-order chi connectivity index (χ0) is 37.7. The van der Waals surface area contributed by atoms with Crippen molar-refractivity contribution in [3.8, 4) is 16.9 Å². The van der Waals surface area contributed by atoms with Crippen molar-refractivity contribution in [2.45, 2.75) is 76.5 Å². The van der Waals surface area contributed by atoms with Crippen molar-refractivity contribution in [1.29, 1.82) is 0 Å². The number of carbonyl (C=O) groups is 5. The van der Waals surface area contributed by atoms with Gasteiger partial charge in [0.05, 0.1) is 18.7 Å². The number of benzene rings is 3. The van der Waals surface area contributed by atoms with Crippen LogP contribution in [0.1, 0.15) is 49.3 Å². The number of aromatic hydroxyl groups is 1. The molecule has 3 rings (SSSR count). The van der Waals surface area contributed by atoms with Gasteiger partial charge in [0.15, 0.2) is 0 Å². The van der Waals surface area contributed by atoms with Crippen LogP contribution in [-0.4, -0.2) is 94.3 Å². The molecule has 12 nitrogen and oxygen atoms in total. The third-order valence-corrected chi connectivity index (χ3v) is 8.65. The van der Waals surface area contributed by atoms with Crippen molar-refractivity contribution < 1.29 is 38.6 Å². The molecule has 0 bridgehead atoms. The first-order valence-corrected chi connectivity index (χ1v) is 16.9. The topological polar surface area (TPSA) is 196 Å². The van der Waals surface area contributed by atoms with Crippen LogP contribution in [-0.2, 0) is 36.8 Å². The number of phenols is 1. The fourth-order valence-corrected chi connectivity index (χ4v) is 5.59. The fraction of sp³-hybridized carbons (Fsp3) is 0.395. The van der Waals surface area contributed by atoms with Crippen LogP contribution in [0.4, 0.5) is 4.39 Å². The zero-order valence-electron chi connectivity index (χ0n) is 29.3. The third-order valence-electron chi connectivity index (χ3n) is 8.65. The monoisotopic (exact) mass is 705 g/mol. The van der Waals surface area contributed by atoms with Gasteiger partial charge < -0.3 is 36.7 Å². The molecule has 3 aromatic carbocycles. The van der Waals surface area contributed by atoms with Crippen molar-refractivity contribution in [3.05, 3.63) is 89.2 Å². The first-order valence-electron chi connectivity index (χ1n) is 16.9. The number of aliphatic hydroxyl groups excluding tert-OH is 1. The largest absolute Gasteiger partial charge is 0.507 e. The van der Waals surface area contributed by atoms with Crippen molar-refractivity contribution in [3.63, 3.8) is 0 Å². The van der Waals surface area contributed by atoms with E-state index in [1.807, 2.05) is 31.2 Å². The number of aldehydes is 1. The molecule has 7 N–H and O–H groups in total. The van der Waals surface area contributed by atoms with E-state index in [1.54, 1.807) is 12.1 Å². The predicted molar refractivity (Wildman–Crippen MR) is 191 cm³/mol. The molecule has 0 aromatic heterocycles. The van der Waals surface area contributed by atoms with E-state index in [-0.39, 0.29) is 31.4 Å². The Hall–Kier alpha value is -4.98. The van der Waals surface area contributed by atoms with E-state index >= 15 is 0 Å². The van der Waals surface area contributed by atoms with Gasteiger partial charge in [-0.3, -0.25) is 24.1 Å². The van der Waals surface area contributed by atoms with E-state index in [4.69, 9.17) is 11.5 Å². The number of aliphatic hydroxyl groups is 1. The number of nitrogens with two attached hydrogens (primary N) is 2. The van der Waals surface area contributed by atoms with Gasteiger partial charge in [-0.15, -0.1) is 0 Å². The molecule has 0 saturated carbocycles. The minimum atomic E-state index is -1.47. The summed E-state index contributed by atoms with van der Waals surface area (Å²) in [5.41, 5.74) is 14.6. The highest BCUT2D eigenvalue weighted by Crippen LogP contribution is 2.31. The highest BCUT2D eigenvalue weighted by atomic mass is 19.1. The molecular weight excluding hydrogens is 657 g/mol. The summed E-state index contributed by atoms with van der Waals surface area (Å²) in [4.78, 5) is 69.3. The molecule has 0 unspecified atom stereocenters. The number of hydrogen-bond donors (Lipinski definition) is 5. The maximum atomic E-state index is 14.7. The molecule has 0 aliphatic heterocycles. The van der Waals surface area contributed by atoms with Gasteiger partial charge >= 0.3 is 0 Å². The number of hydrogen-bond acceptors (Lipinski definition) is 9. The lowest BCUT2D eigenvalue weighted by Gasteiger charge is -2.35. The van der Waals surface area contributed by atoms with E-state index in [9.17, 15) is 38.6 Å². The summed E-state index contributed by atoms with van der Waals surface area (Å²) >= 11 is 0. The molecule has 274 valence electrons. The normalized spacial score (nSPS) is 13.4. The Bertz CT molecular complexity index is 1650. The summed E-state index contributed by atoms with van der Waals surface area (Å²) in [6.07, 6.45) is 1.37. The second-order valence-corrected chi connectivity index (χ2v) is 12.6. The Kier molecular flexibility index (Phi) is 15.4. The lowest BCUT2D eigenvalue weighted by molar-refractivity contribution is -0.156.